The molecule has 0 spiro atoms. The van der Waals surface area contributed by atoms with Crippen molar-refractivity contribution >= 4 is 11.9 Å². The molecule has 0 amide bonds. The molecule has 0 aromatic carbocycles. The smallest absolute Gasteiger partial charge is 0.306 e. The van der Waals surface area contributed by atoms with E-state index < -0.39 is 6.10 Å². The second-order valence-corrected chi connectivity index (χ2v) is 15.5. The van der Waals surface area contributed by atoms with E-state index in [1.54, 1.807) is 0 Å². The Balaban J connectivity index is 3.57. The van der Waals surface area contributed by atoms with Gasteiger partial charge in [-0.05, 0) is 64.2 Å². The van der Waals surface area contributed by atoms with Crippen LogP contribution in [0.5, 0.6) is 0 Å². The van der Waals surface area contributed by atoms with E-state index in [1.807, 2.05) is 0 Å². The molecule has 0 fully saturated rings. The summed E-state index contributed by atoms with van der Waals surface area (Å²) in [5.41, 5.74) is 0. The van der Waals surface area contributed by atoms with Crippen LogP contribution in [0.3, 0.4) is 0 Å². The van der Waals surface area contributed by atoms with Crippen molar-refractivity contribution in [2.45, 2.75) is 225 Å². The first-order chi connectivity index (χ1) is 27.6. The van der Waals surface area contributed by atoms with Crippen LogP contribution in [-0.2, 0) is 19.1 Å². The van der Waals surface area contributed by atoms with Gasteiger partial charge in [0.1, 0.15) is 6.61 Å². The Hall–Kier alpha value is -2.66. The second kappa shape index (κ2) is 46.7. The molecule has 56 heavy (non-hydrogen) atoms. The zero-order valence-electron chi connectivity index (χ0n) is 36.6. The first-order valence-corrected chi connectivity index (χ1v) is 23.5. The van der Waals surface area contributed by atoms with Crippen molar-refractivity contribution in [2.24, 2.45) is 0 Å². The molecule has 0 aliphatic carbocycles. The van der Waals surface area contributed by atoms with Crippen LogP contribution in [0.25, 0.3) is 0 Å². The lowest BCUT2D eigenvalue weighted by Gasteiger charge is -2.15. The Morgan fingerprint density at radius 3 is 1.16 bits per heavy atom. The molecular weight excluding hydrogens is 693 g/mol. The number of carbonyl (C=O) groups excluding carboxylic acids is 2. The number of hydrogen-bond donors (Lipinski definition) is 1. The average Bonchev–Trinajstić information content (AvgIpc) is 3.20. The molecule has 1 atom stereocenters. The minimum absolute atomic E-state index is 0.0695. The number of aliphatic hydroxyl groups excluding tert-OH is 1. The molecule has 0 heterocycles. The fourth-order valence-electron chi connectivity index (χ4n) is 6.50. The summed E-state index contributed by atoms with van der Waals surface area (Å²) in [6.45, 7) is 4.03. The van der Waals surface area contributed by atoms with E-state index in [1.165, 1.54) is 109 Å². The summed E-state index contributed by atoms with van der Waals surface area (Å²) < 4.78 is 10.6. The first-order valence-electron chi connectivity index (χ1n) is 23.5. The maximum atomic E-state index is 12.2. The standard InChI is InChI=1S/C51H88O5/c1-3-5-7-9-11-13-15-17-19-20-21-22-23-24-25-26-27-28-29-30-32-34-36-38-40-42-44-46-51(54)56-49(47-52)48-55-50(53)45-43-41-39-37-35-33-31-18-16-14-12-10-8-6-4-2/h5,7,11,13,17,19,21-22,24-25,27-28,49,52H,3-4,6,8-10,12,14-16,18,20,23,26,29-48H2,1-2H3/b7-5-,13-11-,19-17-,22-21-,25-24-,28-27-. The summed E-state index contributed by atoms with van der Waals surface area (Å²) in [7, 11) is 0. The monoisotopic (exact) mass is 781 g/mol. The highest BCUT2D eigenvalue weighted by Crippen LogP contribution is 2.15. The van der Waals surface area contributed by atoms with E-state index in [4.69, 9.17) is 9.47 Å². The average molecular weight is 781 g/mol. The fraction of sp³-hybridized carbons (Fsp3) is 0.725. The molecule has 0 rings (SSSR count). The number of carbonyl (C=O) groups is 2. The van der Waals surface area contributed by atoms with Crippen LogP contribution in [-0.4, -0.2) is 36.4 Å². The summed E-state index contributed by atoms with van der Waals surface area (Å²) in [5.74, 6) is -0.597. The van der Waals surface area contributed by atoms with E-state index >= 15 is 0 Å². The van der Waals surface area contributed by atoms with Gasteiger partial charge in [-0.2, -0.15) is 0 Å². The minimum Gasteiger partial charge on any atom is -0.462 e. The zero-order valence-corrected chi connectivity index (χ0v) is 36.6. The number of ether oxygens (including phenoxy) is 2. The quantitative estimate of drug-likeness (QED) is 0.0379. The Bertz CT molecular complexity index is 1020. The summed E-state index contributed by atoms with van der Waals surface area (Å²) in [6, 6.07) is 0. The van der Waals surface area contributed by atoms with Crippen LogP contribution in [0.1, 0.15) is 219 Å². The Labute approximate surface area is 346 Å². The number of esters is 2. The SMILES string of the molecule is CC/C=C\C/C=C\C/C=C\C/C=C\C/C=C\C/C=C\CCCCCCCCCCC(=O)OC(CO)COC(=O)CCCCCCCCCCCCCCCCC. The molecule has 0 aliphatic heterocycles. The molecule has 0 aromatic heterocycles. The fourth-order valence-corrected chi connectivity index (χ4v) is 6.50. The molecule has 1 N–H and O–H groups in total. The van der Waals surface area contributed by atoms with Gasteiger partial charge in [-0.15, -0.1) is 0 Å². The second-order valence-electron chi connectivity index (χ2n) is 15.5. The molecule has 0 saturated heterocycles. The largest absolute Gasteiger partial charge is 0.462 e. The van der Waals surface area contributed by atoms with Gasteiger partial charge in [0, 0.05) is 12.8 Å². The van der Waals surface area contributed by atoms with Crippen molar-refractivity contribution in [2.75, 3.05) is 13.2 Å². The highest BCUT2D eigenvalue weighted by atomic mass is 16.6. The van der Waals surface area contributed by atoms with E-state index in [9.17, 15) is 14.7 Å². The van der Waals surface area contributed by atoms with Crippen molar-refractivity contribution in [3.8, 4) is 0 Å². The van der Waals surface area contributed by atoms with Crippen LogP contribution in [0.4, 0.5) is 0 Å². The lowest BCUT2D eigenvalue weighted by molar-refractivity contribution is -0.161. The molecule has 1 unspecified atom stereocenters. The maximum absolute atomic E-state index is 12.2. The molecule has 5 nitrogen and oxygen atoms in total. The Morgan fingerprint density at radius 1 is 0.429 bits per heavy atom. The van der Waals surface area contributed by atoms with E-state index in [0.29, 0.717) is 12.8 Å². The predicted octanol–water partition coefficient (Wildman–Crippen LogP) is 15.3. The predicted molar refractivity (Wildman–Crippen MR) is 242 cm³/mol. The van der Waals surface area contributed by atoms with Gasteiger partial charge >= 0.3 is 11.9 Å². The van der Waals surface area contributed by atoms with Crippen molar-refractivity contribution in [3.05, 3.63) is 72.9 Å². The van der Waals surface area contributed by atoms with Gasteiger partial charge in [0.05, 0.1) is 6.61 Å². The van der Waals surface area contributed by atoms with Crippen LogP contribution in [0.2, 0.25) is 0 Å². The molecule has 322 valence electrons. The maximum Gasteiger partial charge on any atom is 0.306 e. The van der Waals surface area contributed by atoms with Gasteiger partial charge < -0.3 is 14.6 Å². The van der Waals surface area contributed by atoms with Gasteiger partial charge in [0.15, 0.2) is 6.10 Å². The number of unbranched alkanes of at least 4 members (excludes halogenated alkanes) is 22. The lowest BCUT2D eigenvalue weighted by Crippen LogP contribution is -2.28. The lowest BCUT2D eigenvalue weighted by atomic mass is 10.0. The Kier molecular flexibility index (Phi) is 44.5. The molecular formula is C51H88O5. The summed E-state index contributed by atoms with van der Waals surface area (Å²) in [4.78, 5) is 24.4. The van der Waals surface area contributed by atoms with E-state index in [0.717, 1.165) is 83.5 Å². The highest BCUT2D eigenvalue weighted by molar-refractivity contribution is 5.70. The van der Waals surface area contributed by atoms with Crippen LogP contribution in [0.15, 0.2) is 72.9 Å². The number of rotatable bonds is 42. The van der Waals surface area contributed by atoms with Gasteiger partial charge in [0.25, 0.3) is 0 Å². The summed E-state index contributed by atoms with van der Waals surface area (Å²) in [5, 5.41) is 9.60. The first kappa shape index (κ1) is 53.3. The minimum atomic E-state index is -0.777. The van der Waals surface area contributed by atoms with Crippen LogP contribution < -0.4 is 0 Å². The molecule has 0 bridgehead atoms. The van der Waals surface area contributed by atoms with Crippen LogP contribution in [0, 0.1) is 0 Å². The van der Waals surface area contributed by atoms with Crippen molar-refractivity contribution in [1.29, 1.82) is 0 Å². The molecule has 0 aromatic rings. The van der Waals surface area contributed by atoms with E-state index in [2.05, 4.69) is 86.8 Å². The van der Waals surface area contributed by atoms with E-state index in [-0.39, 0.29) is 25.2 Å². The number of allylic oxidation sites excluding steroid dienone is 12. The zero-order chi connectivity index (χ0) is 40.7. The number of hydrogen-bond acceptors (Lipinski definition) is 5. The van der Waals surface area contributed by atoms with Crippen molar-refractivity contribution in [3.63, 3.8) is 0 Å². The van der Waals surface area contributed by atoms with Gasteiger partial charge in [-0.25, -0.2) is 0 Å². The highest BCUT2D eigenvalue weighted by Gasteiger charge is 2.16. The third-order valence-corrected chi connectivity index (χ3v) is 10.0. The third kappa shape index (κ3) is 44.1. The topological polar surface area (TPSA) is 72.8 Å². The van der Waals surface area contributed by atoms with Crippen LogP contribution >= 0.6 is 0 Å². The number of aliphatic hydroxyl groups is 1. The third-order valence-electron chi connectivity index (χ3n) is 10.0. The normalized spacial score (nSPS) is 12.8. The molecule has 0 radical (unpaired) electrons. The molecule has 0 aliphatic rings. The van der Waals surface area contributed by atoms with Gasteiger partial charge in [-0.1, -0.05) is 215 Å². The molecule has 5 heteroatoms. The molecule has 0 saturated carbocycles. The van der Waals surface area contributed by atoms with Gasteiger partial charge in [0.2, 0.25) is 0 Å². The van der Waals surface area contributed by atoms with Gasteiger partial charge in [-0.3, -0.25) is 9.59 Å². The van der Waals surface area contributed by atoms with Crippen molar-refractivity contribution in [1.82, 2.24) is 0 Å². The summed E-state index contributed by atoms with van der Waals surface area (Å²) >= 11 is 0. The van der Waals surface area contributed by atoms with Crippen molar-refractivity contribution < 1.29 is 24.2 Å². The Morgan fingerprint density at radius 2 is 0.768 bits per heavy atom. The summed E-state index contributed by atoms with van der Waals surface area (Å²) in [6.07, 6.45) is 62.6.